The molecule has 0 amide bonds. The topological polar surface area (TPSA) is 29.5 Å². The lowest BCUT2D eigenvalue weighted by molar-refractivity contribution is -0.187. The van der Waals surface area contributed by atoms with Gasteiger partial charge in [-0.2, -0.15) is 13.2 Å². The minimum absolute atomic E-state index is 0.0234. The van der Waals surface area contributed by atoms with Crippen LogP contribution in [0.1, 0.15) is 38.5 Å². The van der Waals surface area contributed by atoms with E-state index >= 15 is 0 Å². The Balaban J connectivity index is 1.81. The smallest absolute Gasteiger partial charge is 0.391 e. The van der Waals surface area contributed by atoms with E-state index in [2.05, 4.69) is 0 Å². The van der Waals surface area contributed by atoms with Crippen molar-refractivity contribution in [3.63, 3.8) is 0 Å². The molecule has 1 N–H and O–H groups in total. The van der Waals surface area contributed by atoms with Crippen molar-refractivity contribution in [3.8, 4) is 0 Å². The molecule has 0 spiro atoms. The normalized spacial score (nSPS) is 36.3. The Morgan fingerprint density at radius 2 is 1.67 bits per heavy atom. The zero-order valence-corrected chi connectivity index (χ0v) is 10.5. The Bertz CT molecular complexity index is 253. The molecule has 5 heteroatoms. The van der Waals surface area contributed by atoms with Crippen LogP contribution in [0.2, 0.25) is 0 Å². The van der Waals surface area contributed by atoms with Gasteiger partial charge in [0.2, 0.25) is 0 Å². The van der Waals surface area contributed by atoms with E-state index in [1.165, 1.54) is 0 Å². The maximum absolute atomic E-state index is 12.5. The molecule has 2 nitrogen and oxygen atoms in total. The lowest BCUT2D eigenvalue weighted by Gasteiger charge is -2.36. The van der Waals surface area contributed by atoms with Crippen molar-refractivity contribution in [2.75, 3.05) is 13.2 Å². The van der Waals surface area contributed by atoms with Crippen molar-refractivity contribution in [3.05, 3.63) is 0 Å². The second-order valence-corrected chi connectivity index (χ2v) is 5.62. The monoisotopic (exact) mass is 266 g/mol. The third kappa shape index (κ3) is 3.38. The molecular formula is C13H21F3O2. The third-order valence-electron chi connectivity index (χ3n) is 4.40. The van der Waals surface area contributed by atoms with Crippen LogP contribution < -0.4 is 0 Å². The van der Waals surface area contributed by atoms with Crippen LogP contribution in [0.15, 0.2) is 0 Å². The van der Waals surface area contributed by atoms with Gasteiger partial charge < -0.3 is 9.84 Å². The number of halogens is 3. The molecule has 2 unspecified atom stereocenters. The Morgan fingerprint density at radius 3 is 2.17 bits per heavy atom. The maximum Gasteiger partial charge on any atom is 0.391 e. The lowest BCUT2D eigenvalue weighted by atomic mass is 9.75. The van der Waals surface area contributed by atoms with E-state index in [1.807, 2.05) is 0 Å². The van der Waals surface area contributed by atoms with Crippen LogP contribution in [0.3, 0.4) is 0 Å². The van der Waals surface area contributed by atoms with Crippen molar-refractivity contribution in [2.24, 2.45) is 17.8 Å². The number of aliphatic hydroxyl groups is 1. The van der Waals surface area contributed by atoms with Crippen LogP contribution in [0.5, 0.6) is 0 Å². The molecule has 1 heterocycles. The highest BCUT2D eigenvalue weighted by Gasteiger charge is 2.43. The van der Waals surface area contributed by atoms with Gasteiger partial charge in [-0.05, 0) is 44.4 Å². The fourth-order valence-corrected chi connectivity index (χ4v) is 3.21. The van der Waals surface area contributed by atoms with Crippen molar-refractivity contribution in [1.29, 1.82) is 0 Å². The Kier molecular flexibility index (Phi) is 4.54. The number of ether oxygens (including phenoxy) is 1. The molecule has 2 fully saturated rings. The number of hydrogen-bond acceptors (Lipinski definition) is 2. The van der Waals surface area contributed by atoms with Crippen LogP contribution in [0, 0.1) is 17.8 Å². The van der Waals surface area contributed by atoms with E-state index < -0.39 is 18.2 Å². The molecule has 18 heavy (non-hydrogen) atoms. The molecule has 1 saturated carbocycles. The van der Waals surface area contributed by atoms with Gasteiger partial charge in [-0.1, -0.05) is 0 Å². The quantitative estimate of drug-likeness (QED) is 0.832. The Labute approximate surface area is 106 Å². The van der Waals surface area contributed by atoms with Gasteiger partial charge >= 0.3 is 6.18 Å². The molecule has 0 aromatic rings. The van der Waals surface area contributed by atoms with Crippen LogP contribution in [0.4, 0.5) is 13.2 Å². The average molecular weight is 266 g/mol. The van der Waals surface area contributed by atoms with Gasteiger partial charge in [0.25, 0.3) is 0 Å². The summed E-state index contributed by atoms with van der Waals surface area (Å²) < 4.78 is 43.0. The minimum Gasteiger partial charge on any atom is -0.392 e. The highest BCUT2D eigenvalue weighted by molar-refractivity contribution is 4.84. The van der Waals surface area contributed by atoms with E-state index in [1.54, 1.807) is 0 Å². The first-order chi connectivity index (χ1) is 8.48. The number of alkyl halides is 3. The predicted molar refractivity (Wildman–Crippen MR) is 61.1 cm³/mol. The van der Waals surface area contributed by atoms with Crippen LogP contribution in [0.25, 0.3) is 0 Å². The lowest BCUT2D eigenvalue weighted by Crippen LogP contribution is -2.38. The Morgan fingerprint density at radius 1 is 1.00 bits per heavy atom. The van der Waals surface area contributed by atoms with E-state index in [0.29, 0.717) is 19.4 Å². The Hall–Kier alpha value is -0.290. The molecule has 1 aliphatic carbocycles. The maximum atomic E-state index is 12.5. The molecule has 2 rings (SSSR count). The first-order valence-electron chi connectivity index (χ1n) is 6.81. The van der Waals surface area contributed by atoms with Gasteiger partial charge in [0, 0.05) is 12.5 Å². The molecule has 1 aliphatic heterocycles. The summed E-state index contributed by atoms with van der Waals surface area (Å²) in [5.41, 5.74) is 0. The molecule has 0 aromatic heterocycles. The highest BCUT2D eigenvalue weighted by Crippen LogP contribution is 2.41. The zero-order chi connectivity index (χ0) is 13.2. The summed E-state index contributed by atoms with van der Waals surface area (Å²) in [7, 11) is 0. The van der Waals surface area contributed by atoms with Gasteiger partial charge in [-0.15, -0.1) is 0 Å². The van der Waals surface area contributed by atoms with Crippen molar-refractivity contribution < 1.29 is 23.0 Å². The number of hydrogen-bond donors (Lipinski definition) is 1. The summed E-state index contributed by atoms with van der Waals surface area (Å²) in [5, 5.41) is 10.2. The van der Waals surface area contributed by atoms with Crippen molar-refractivity contribution in [1.82, 2.24) is 0 Å². The molecule has 2 aliphatic rings. The first-order valence-corrected chi connectivity index (χ1v) is 6.81. The summed E-state index contributed by atoms with van der Waals surface area (Å²) in [6.07, 6.45) is -1.37. The molecule has 0 aromatic carbocycles. The van der Waals surface area contributed by atoms with Crippen LogP contribution in [-0.4, -0.2) is 30.6 Å². The highest BCUT2D eigenvalue weighted by atomic mass is 19.4. The number of rotatable bonds is 2. The molecule has 2 atom stereocenters. The summed E-state index contributed by atoms with van der Waals surface area (Å²) in [4.78, 5) is 0. The van der Waals surface area contributed by atoms with Gasteiger partial charge in [0.1, 0.15) is 0 Å². The zero-order valence-electron chi connectivity index (χ0n) is 10.5. The fraction of sp³-hybridized carbons (Fsp3) is 1.00. The van der Waals surface area contributed by atoms with E-state index in [-0.39, 0.29) is 24.7 Å². The fourth-order valence-electron chi connectivity index (χ4n) is 3.21. The second-order valence-electron chi connectivity index (χ2n) is 5.62. The van der Waals surface area contributed by atoms with Crippen LogP contribution >= 0.6 is 0 Å². The summed E-state index contributed by atoms with van der Waals surface area (Å²) in [6, 6.07) is 0. The first kappa shape index (κ1) is 14.1. The molecule has 1 saturated heterocycles. The molecule has 0 bridgehead atoms. The largest absolute Gasteiger partial charge is 0.392 e. The van der Waals surface area contributed by atoms with Gasteiger partial charge in [-0.3, -0.25) is 0 Å². The van der Waals surface area contributed by atoms with E-state index in [9.17, 15) is 18.3 Å². The minimum atomic E-state index is -4.07. The van der Waals surface area contributed by atoms with E-state index in [0.717, 1.165) is 19.4 Å². The van der Waals surface area contributed by atoms with Crippen molar-refractivity contribution >= 4 is 0 Å². The molecule has 106 valence electrons. The molecular weight excluding hydrogens is 245 g/mol. The van der Waals surface area contributed by atoms with Gasteiger partial charge in [-0.25, -0.2) is 0 Å². The molecule has 0 radical (unpaired) electrons. The third-order valence-corrected chi connectivity index (χ3v) is 4.40. The summed E-state index contributed by atoms with van der Waals surface area (Å²) >= 11 is 0. The van der Waals surface area contributed by atoms with Gasteiger partial charge in [0.05, 0.1) is 18.6 Å². The van der Waals surface area contributed by atoms with Crippen LogP contribution in [-0.2, 0) is 4.74 Å². The summed E-state index contributed by atoms with van der Waals surface area (Å²) in [6.45, 7) is 1.30. The average Bonchev–Trinajstić information content (AvgIpc) is 2.38. The van der Waals surface area contributed by atoms with Crippen molar-refractivity contribution in [2.45, 2.75) is 50.8 Å². The predicted octanol–water partition coefficient (Wildman–Crippen LogP) is 3.14. The number of aliphatic hydroxyl groups excluding tert-OH is 1. The van der Waals surface area contributed by atoms with Gasteiger partial charge in [0.15, 0.2) is 0 Å². The second kappa shape index (κ2) is 5.78. The summed E-state index contributed by atoms with van der Waals surface area (Å²) in [5.74, 6) is -1.02. The standard InChI is InChI=1S/C13H21F3O2/c14-13(15,16)11-5-3-9(4-6-11)12(17)10-2-1-7-18-8-10/h9-12,17H,1-8H2. The SMILES string of the molecule is OC(C1CCC(C(F)(F)F)CC1)C1CCCOC1. The van der Waals surface area contributed by atoms with E-state index in [4.69, 9.17) is 4.74 Å².